The van der Waals surface area contributed by atoms with Crippen molar-refractivity contribution in [2.75, 3.05) is 12.4 Å². The highest BCUT2D eigenvalue weighted by Gasteiger charge is 2.26. The second kappa shape index (κ2) is 10.9. The summed E-state index contributed by atoms with van der Waals surface area (Å²) in [5.41, 5.74) is 5.34. The first-order chi connectivity index (χ1) is 20.2. The van der Waals surface area contributed by atoms with Gasteiger partial charge in [0.2, 0.25) is 0 Å². The molecule has 42 heavy (non-hydrogen) atoms. The van der Waals surface area contributed by atoms with E-state index in [0.29, 0.717) is 39.2 Å². The van der Waals surface area contributed by atoms with Gasteiger partial charge in [0.15, 0.2) is 5.65 Å². The van der Waals surface area contributed by atoms with E-state index in [1.807, 2.05) is 49.6 Å². The molecule has 4 heterocycles. The maximum Gasteiger partial charge on any atom is 0.387 e. The van der Waals surface area contributed by atoms with Crippen molar-refractivity contribution in [3.05, 3.63) is 87.4 Å². The molecule has 1 N–H and O–H groups in total. The van der Waals surface area contributed by atoms with Gasteiger partial charge in [-0.2, -0.15) is 13.9 Å². The molecule has 0 radical (unpaired) electrons. The summed E-state index contributed by atoms with van der Waals surface area (Å²) < 4.78 is 34.0. The molecule has 4 aromatic heterocycles. The van der Waals surface area contributed by atoms with Gasteiger partial charge in [0.25, 0.3) is 5.56 Å². The van der Waals surface area contributed by atoms with Crippen molar-refractivity contribution >= 4 is 47.6 Å². The molecular formula is C30H27F2N6O2PS. The van der Waals surface area contributed by atoms with Gasteiger partial charge < -0.3 is 10.1 Å². The number of aryl methyl sites for hydroxylation is 2. The van der Waals surface area contributed by atoms with Crippen LogP contribution in [0, 0.1) is 13.8 Å². The third-order valence-corrected chi connectivity index (χ3v) is 8.65. The smallest absolute Gasteiger partial charge is 0.387 e. The molecule has 6 aromatic rings. The molecular weight excluding hydrogens is 577 g/mol. The molecule has 0 bridgehead atoms. The fraction of sp³-hybridized carbons (Fsp3) is 0.200. The average Bonchev–Trinajstić information content (AvgIpc) is 3.54. The quantitative estimate of drug-likeness (QED) is 0.218. The molecule has 0 aliphatic heterocycles. The molecule has 214 valence electrons. The SMILES string of the molecule is CNc1ncnc2c1c(-c1ccc(OC(F)F)c(C)c1)nn2[C@@H](C)c1cc2scc(C)n2c(=O)c1-c1cccc(P)c1. The van der Waals surface area contributed by atoms with Gasteiger partial charge in [-0.15, -0.1) is 20.6 Å². The Kier molecular flexibility index (Phi) is 7.24. The number of ether oxygens (including phenoxy) is 1. The van der Waals surface area contributed by atoms with Crippen LogP contribution in [0.5, 0.6) is 5.75 Å². The van der Waals surface area contributed by atoms with Gasteiger partial charge in [0.05, 0.1) is 17.0 Å². The van der Waals surface area contributed by atoms with Gasteiger partial charge >= 0.3 is 6.61 Å². The molecule has 0 aliphatic rings. The van der Waals surface area contributed by atoms with Crippen LogP contribution in [-0.4, -0.2) is 37.8 Å². The lowest BCUT2D eigenvalue weighted by Gasteiger charge is -2.18. The molecule has 0 spiro atoms. The highest BCUT2D eigenvalue weighted by Crippen LogP contribution is 2.37. The van der Waals surface area contributed by atoms with E-state index in [2.05, 4.69) is 29.3 Å². The molecule has 12 heteroatoms. The lowest BCUT2D eigenvalue weighted by Crippen LogP contribution is -2.21. The molecule has 6 rings (SSSR count). The molecule has 0 saturated heterocycles. The zero-order valence-corrected chi connectivity index (χ0v) is 25.2. The number of pyridine rings is 1. The van der Waals surface area contributed by atoms with Crippen molar-refractivity contribution in [2.45, 2.75) is 33.4 Å². The van der Waals surface area contributed by atoms with Crippen LogP contribution >= 0.6 is 20.6 Å². The number of anilines is 1. The summed E-state index contributed by atoms with van der Waals surface area (Å²) in [5, 5.41) is 11.7. The van der Waals surface area contributed by atoms with Crippen LogP contribution in [0.4, 0.5) is 14.6 Å². The van der Waals surface area contributed by atoms with E-state index < -0.39 is 12.7 Å². The largest absolute Gasteiger partial charge is 0.435 e. The van der Waals surface area contributed by atoms with Crippen LogP contribution in [0.1, 0.15) is 29.8 Å². The van der Waals surface area contributed by atoms with Crippen LogP contribution in [0.3, 0.4) is 0 Å². The van der Waals surface area contributed by atoms with Crippen molar-refractivity contribution in [3.8, 4) is 28.1 Å². The standard InChI is InChI=1S/C30H27F2N6O2PS/c1-15-10-19(8-9-22(15)40-30(31)32)26-25-27(33-4)34-14-35-28(25)38(36-26)17(3)21-12-23-37(16(2)13-42-23)29(39)24(21)18-6-5-7-20(41)11-18/h5-14,17,30H,41H2,1-4H3,(H,33,34,35)/t17-/m0/s1. The maximum atomic E-state index is 14.0. The Bertz CT molecular complexity index is 2040. The fourth-order valence-electron chi connectivity index (χ4n) is 5.33. The number of rotatable bonds is 7. The van der Waals surface area contributed by atoms with E-state index in [4.69, 9.17) is 5.10 Å². The van der Waals surface area contributed by atoms with Crippen molar-refractivity contribution in [1.29, 1.82) is 0 Å². The van der Waals surface area contributed by atoms with Crippen LogP contribution in [0.15, 0.2) is 65.0 Å². The lowest BCUT2D eigenvalue weighted by atomic mass is 9.97. The van der Waals surface area contributed by atoms with Crippen molar-refractivity contribution in [2.24, 2.45) is 0 Å². The van der Waals surface area contributed by atoms with Crippen molar-refractivity contribution < 1.29 is 13.5 Å². The molecule has 0 saturated carbocycles. The second-order valence-corrected chi connectivity index (χ2v) is 11.5. The first kappa shape index (κ1) is 27.9. The molecule has 2 atom stereocenters. The zero-order chi connectivity index (χ0) is 29.7. The van der Waals surface area contributed by atoms with E-state index in [1.54, 1.807) is 35.2 Å². The monoisotopic (exact) mass is 604 g/mol. The molecule has 8 nitrogen and oxygen atoms in total. The summed E-state index contributed by atoms with van der Waals surface area (Å²) in [6, 6.07) is 14.4. The third kappa shape index (κ3) is 4.72. The number of fused-ring (bicyclic) bond motifs is 2. The van der Waals surface area contributed by atoms with E-state index in [0.717, 1.165) is 27.0 Å². The zero-order valence-electron chi connectivity index (χ0n) is 23.2. The van der Waals surface area contributed by atoms with E-state index >= 15 is 0 Å². The summed E-state index contributed by atoms with van der Waals surface area (Å²) in [7, 11) is 4.45. The average molecular weight is 605 g/mol. The number of nitrogens with one attached hydrogen (secondary N) is 1. The van der Waals surface area contributed by atoms with Gasteiger partial charge in [-0.3, -0.25) is 9.20 Å². The van der Waals surface area contributed by atoms with Crippen LogP contribution < -0.4 is 20.9 Å². The summed E-state index contributed by atoms with van der Waals surface area (Å²) in [6.45, 7) is 2.69. The van der Waals surface area contributed by atoms with Gasteiger partial charge in [-0.1, -0.05) is 18.2 Å². The van der Waals surface area contributed by atoms with Crippen LogP contribution in [0.2, 0.25) is 0 Å². The molecule has 2 aromatic carbocycles. The van der Waals surface area contributed by atoms with Gasteiger partial charge in [0, 0.05) is 23.7 Å². The Hall–Kier alpha value is -4.21. The minimum absolute atomic E-state index is 0.0944. The number of alkyl halides is 2. The first-order valence-corrected chi connectivity index (χ1v) is 14.6. The molecule has 1 unspecified atom stereocenters. The number of halogens is 2. The van der Waals surface area contributed by atoms with E-state index in [-0.39, 0.29) is 11.3 Å². The number of hydrogen-bond acceptors (Lipinski definition) is 7. The Morgan fingerprint density at radius 1 is 1.07 bits per heavy atom. The number of aromatic nitrogens is 5. The fourth-order valence-corrected chi connectivity index (χ4v) is 6.54. The summed E-state index contributed by atoms with van der Waals surface area (Å²) in [4.78, 5) is 23.9. The van der Waals surface area contributed by atoms with Crippen LogP contribution in [-0.2, 0) is 0 Å². The van der Waals surface area contributed by atoms with Crippen molar-refractivity contribution in [1.82, 2.24) is 24.1 Å². The predicted molar refractivity (Wildman–Crippen MR) is 167 cm³/mol. The minimum Gasteiger partial charge on any atom is -0.435 e. The van der Waals surface area contributed by atoms with Gasteiger partial charge in [0.1, 0.15) is 28.4 Å². The topological polar surface area (TPSA) is 86.3 Å². The lowest BCUT2D eigenvalue weighted by molar-refractivity contribution is -0.0502. The Morgan fingerprint density at radius 3 is 2.60 bits per heavy atom. The summed E-state index contributed by atoms with van der Waals surface area (Å²) >= 11 is 1.51. The molecule has 0 fully saturated rings. The van der Waals surface area contributed by atoms with E-state index in [9.17, 15) is 13.6 Å². The summed E-state index contributed by atoms with van der Waals surface area (Å²) in [5.74, 6) is 0.663. The maximum absolute atomic E-state index is 14.0. The molecule has 0 amide bonds. The number of thiazole rings is 1. The highest BCUT2D eigenvalue weighted by atomic mass is 32.1. The predicted octanol–water partition coefficient (Wildman–Crippen LogP) is 6.20. The van der Waals surface area contributed by atoms with Crippen LogP contribution in [0.25, 0.3) is 38.2 Å². The van der Waals surface area contributed by atoms with Crippen molar-refractivity contribution in [3.63, 3.8) is 0 Å². The third-order valence-electron chi connectivity index (χ3n) is 7.29. The Labute approximate surface area is 246 Å². The minimum atomic E-state index is -2.92. The Morgan fingerprint density at radius 2 is 1.88 bits per heavy atom. The normalized spacial score (nSPS) is 12.4. The first-order valence-electron chi connectivity index (χ1n) is 13.1. The number of nitrogens with zero attached hydrogens (tertiary/aromatic N) is 5. The second-order valence-electron chi connectivity index (χ2n) is 9.95. The number of hydrogen-bond donors (Lipinski definition) is 1. The summed E-state index contributed by atoms with van der Waals surface area (Å²) in [6.07, 6.45) is 1.47. The van der Waals surface area contributed by atoms with Gasteiger partial charge in [-0.05, 0) is 73.1 Å². The molecule has 0 aliphatic carbocycles. The van der Waals surface area contributed by atoms with E-state index in [1.165, 1.54) is 23.7 Å². The van der Waals surface area contributed by atoms with Gasteiger partial charge in [-0.25, -0.2) is 14.6 Å². The number of benzene rings is 2. The highest BCUT2D eigenvalue weighted by molar-refractivity contribution is 7.27. The Balaban J connectivity index is 1.60.